The largest absolute Gasteiger partial charge is 0.392 e. The van der Waals surface area contributed by atoms with Crippen molar-refractivity contribution in [3.63, 3.8) is 0 Å². The van der Waals surface area contributed by atoms with Crippen molar-refractivity contribution in [3.05, 3.63) is 0 Å². The van der Waals surface area contributed by atoms with Gasteiger partial charge in [0.15, 0.2) is 0 Å². The molecule has 6 unspecified atom stereocenters. The van der Waals surface area contributed by atoms with Crippen molar-refractivity contribution >= 4 is 5.78 Å². The second kappa shape index (κ2) is 4.81. The molecule has 2 bridgehead atoms. The first-order valence-electron chi connectivity index (χ1n) is 9.40. The lowest BCUT2D eigenvalue weighted by Gasteiger charge is -2.65. The van der Waals surface area contributed by atoms with E-state index in [1.54, 1.807) is 0 Å². The zero-order chi connectivity index (χ0) is 17.7. The number of aliphatic hydroxyl groups is 4. The van der Waals surface area contributed by atoms with Crippen molar-refractivity contribution in [2.75, 3.05) is 0 Å². The fourth-order valence-corrected chi connectivity index (χ4v) is 7.13. The van der Waals surface area contributed by atoms with Crippen LogP contribution in [0.1, 0.15) is 52.9 Å². The molecule has 4 aliphatic rings. The molecule has 0 aromatic rings. The number of hydrogen-bond acceptors (Lipinski definition) is 5. The molecule has 4 N–H and O–H groups in total. The maximum Gasteiger partial charge on any atom is 0.147 e. The van der Waals surface area contributed by atoms with Crippen LogP contribution in [0.3, 0.4) is 0 Å². The molecule has 0 amide bonds. The van der Waals surface area contributed by atoms with Crippen LogP contribution >= 0.6 is 0 Å². The lowest BCUT2D eigenvalue weighted by Crippen LogP contribution is -2.74. The van der Waals surface area contributed by atoms with E-state index in [0.29, 0.717) is 19.3 Å². The topological polar surface area (TPSA) is 98.0 Å². The van der Waals surface area contributed by atoms with Crippen molar-refractivity contribution in [2.24, 2.45) is 34.5 Å². The van der Waals surface area contributed by atoms with Gasteiger partial charge in [0.2, 0.25) is 0 Å². The Morgan fingerprint density at radius 1 is 1.00 bits per heavy atom. The minimum Gasteiger partial charge on any atom is -0.392 e. The number of aliphatic hydroxyl groups excluding tert-OH is 3. The predicted molar refractivity (Wildman–Crippen MR) is 86.9 cm³/mol. The van der Waals surface area contributed by atoms with Crippen molar-refractivity contribution < 1.29 is 25.2 Å². The summed E-state index contributed by atoms with van der Waals surface area (Å²) in [4.78, 5) is 13.1. The van der Waals surface area contributed by atoms with Gasteiger partial charge in [-0.15, -0.1) is 0 Å². The predicted octanol–water partition coefficient (Wildman–Crippen LogP) is 0.871. The van der Waals surface area contributed by atoms with Gasteiger partial charge in [0, 0.05) is 11.8 Å². The zero-order valence-corrected chi connectivity index (χ0v) is 14.8. The van der Waals surface area contributed by atoms with Gasteiger partial charge in [-0.05, 0) is 49.4 Å². The molecule has 4 aliphatic carbocycles. The normalized spacial score (nSPS) is 59.0. The van der Waals surface area contributed by atoms with Crippen LogP contribution in [0.5, 0.6) is 0 Å². The Labute approximate surface area is 143 Å². The second-order valence-corrected chi connectivity index (χ2v) is 9.56. The summed E-state index contributed by atoms with van der Waals surface area (Å²) < 4.78 is 0. The molecule has 5 nitrogen and oxygen atoms in total. The van der Waals surface area contributed by atoms with Crippen LogP contribution in [0.2, 0.25) is 0 Å². The Balaban J connectivity index is 1.89. The van der Waals surface area contributed by atoms with E-state index in [1.807, 2.05) is 6.92 Å². The lowest BCUT2D eigenvalue weighted by atomic mass is 9.43. The smallest absolute Gasteiger partial charge is 0.147 e. The Morgan fingerprint density at radius 2 is 1.67 bits per heavy atom. The SMILES string of the molecule is CC1C(=O)C23C(CCC1[C@H]2O)C1(O)C(C[C@H]3O)C(C)(C)CC[C@@H]1O. The van der Waals surface area contributed by atoms with Gasteiger partial charge in [0.05, 0.1) is 29.3 Å². The van der Waals surface area contributed by atoms with Crippen LogP contribution in [0, 0.1) is 34.5 Å². The Kier molecular flexibility index (Phi) is 3.40. The van der Waals surface area contributed by atoms with Crippen molar-refractivity contribution in [2.45, 2.75) is 76.8 Å². The van der Waals surface area contributed by atoms with Crippen molar-refractivity contribution in [1.29, 1.82) is 0 Å². The van der Waals surface area contributed by atoms with Crippen LogP contribution in [0.4, 0.5) is 0 Å². The molecule has 0 aromatic heterocycles. The molecule has 24 heavy (non-hydrogen) atoms. The molecule has 0 radical (unpaired) electrons. The third-order valence-corrected chi connectivity index (χ3v) is 8.41. The summed E-state index contributed by atoms with van der Waals surface area (Å²) in [5.41, 5.74) is -2.93. The molecule has 1 spiro atoms. The van der Waals surface area contributed by atoms with Gasteiger partial charge in [0.1, 0.15) is 5.78 Å². The minimum absolute atomic E-state index is 0.113. The van der Waals surface area contributed by atoms with Gasteiger partial charge in [-0.1, -0.05) is 20.8 Å². The average molecular weight is 338 g/mol. The number of hydrogen-bond donors (Lipinski definition) is 4. The first-order valence-corrected chi connectivity index (χ1v) is 9.40. The zero-order valence-electron chi connectivity index (χ0n) is 14.8. The van der Waals surface area contributed by atoms with Gasteiger partial charge in [0.25, 0.3) is 0 Å². The summed E-state index contributed by atoms with van der Waals surface area (Å²) in [6.45, 7) is 5.97. The summed E-state index contributed by atoms with van der Waals surface area (Å²) in [6.07, 6.45) is -0.000389. The van der Waals surface area contributed by atoms with E-state index < -0.39 is 35.2 Å². The summed E-state index contributed by atoms with van der Waals surface area (Å²) in [5, 5.41) is 44.5. The highest BCUT2D eigenvalue weighted by Gasteiger charge is 2.76. The highest BCUT2D eigenvalue weighted by atomic mass is 16.3. The Hall–Kier alpha value is -0.490. The van der Waals surface area contributed by atoms with E-state index in [9.17, 15) is 25.2 Å². The Morgan fingerprint density at radius 3 is 2.33 bits per heavy atom. The third kappa shape index (κ3) is 1.63. The van der Waals surface area contributed by atoms with Gasteiger partial charge >= 0.3 is 0 Å². The van der Waals surface area contributed by atoms with Gasteiger partial charge in [-0.2, -0.15) is 0 Å². The fourth-order valence-electron chi connectivity index (χ4n) is 7.13. The van der Waals surface area contributed by atoms with Gasteiger partial charge < -0.3 is 20.4 Å². The molecule has 0 aromatic carbocycles. The quantitative estimate of drug-likeness (QED) is 0.525. The second-order valence-electron chi connectivity index (χ2n) is 9.56. The summed E-state index contributed by atoms with van der Waals surface area (Å²) in [7, 11) is 0. The van der Waals surface area contributed by atoms with Crippen LogP contribution < -0.4 is 0 Å². The minimum atomic E-state index is -1.41. The molecule has 0 saturated heterocycles. The number of carbonyl (C=O) groups excluding carboxylic acids is 1. The van der Waals surface area contributed by atoms with Crippen LogP contribution in [0.15, 0.2) is 0 Å². The van der Waals surface area contributed by atoms with Crippen molar-refractivity contribution in [3.8, 4) is 0 Å². The molecular weight excluding hydrogens is 308 g/mol. The van der Waals surface area contributed by atoms with Crippen LogP contribution in [-0.4, -0.2) is 50.1 Å². The van der Waals surface area contributed by atoms with E-state index in [2.05, 4.69) is 13.8 Å². The number of rotatable bonds is 0. The molecule has 9 atom stereocenters. The summed E-state index contributed by atoms with van der Waals surface area (Å²) in [6, 6.07) is 0. The highest BCUT2D eigenvalue weighted by molar-refractivity contribution is 5.92. The van der Waals surface area contributed by atoms with Gasteiger partial charge in [-0.3, -0.25) is 4.79 Å². The van der Waals surface area contributed by atoms with E-state index in [-0.39, 0.29) is 35.4 Å². The van der Waals surface area contributed by atoms with E-state index in [1.165, 1.54) is 0 Å². The molecule has 4 rings (SSSR count). The molecular formula is C19H30O5. The average Bonchev–Trinajstić information content (AvgIpc) is 2.63. The highest BCUT2D eigenvalue weighted by Crippen LogP contribution is 2.67. The van der Waals surface area contributed by atoms with Crippen molar-refractivity contribution in [1.82, 2.24) is 0 Å². The van der Waals surface area contributed by atoms with E-state index in [0.717, 1.165) is 6.42 Å². The number of ketones is 1. The summed E-state index contributed by atoms with van der Waals surface area (Å²) in [5.74, 6) is -1.40. The molecule has 136 valence electrons. The third-order valence-electron chi connectivity index (χ3n) is 8.41. The number of carbonyl (C=O) groups is 1. The number of Topliss-reactive ketones (excluding diaryl/α,β-unsaturated/α-hetero) is 1. The van der Waals surface area contributed by atoms with E-state index in [4.69, 9.17) is 0 Å². The molecule has 4 fully saturated rings. The summed E-state index contributed by atoms with van der Waals surface area (Å²) >= 11 is 0. The van der Waals surface area contributed by atoms with Crippen LogP contribution in [0.25, 0.3) is 0 Å². The van der Waals surface area contributed by atoms with Gasteiger partial charge in [-0.25, -0.2) is 0 Å². The fraction of sp³-hybridized carbons (Fsp3) is 0.947. The monoisotopic (exact) mass is 338 g/mol. The first-order chi connectivity index (χ1) is 11.1. The maximum atomic E-state index is 13.1. The molecule has 5 heteroatoms. The number of fused-ring (bicyclic) bond motifs is 3. The molecule has 0 heterocycles. The molecule has 0 aliphatic heterocycles. The lowest BCUT2D eigenvalue weighted by molar-refractivity contribution is -0.288. The molecule has 4 saturated carbocycles. The Bertz CT molecular complexity index is 574. The van der Waals surface area contributed by atoms with Crippen LogP contribution in [-0.2, 0) is 4.79 Å². The maximum absolute atomic E-state index is 13.1. The standard InChI is InChI=1S/C19H30O5/c1-9-10-4-5-11-18(15(9)22,16(10)23)14(21)8-12-17(2,3)7-6-13(20)19(11,12)24/h9-14,16,20-21,23-24H,4-8H2,1-3H3/t9?,10?,11?,12?,13-,14+,16+,18?,19?/m0/s1. The first kappa shape index (κ1) is 17.0. The van der Waals surface area contributed by atoms with E-state index >= 15 is 0 Å².